The summed E-state index contributed by atoms with van der Waals surface area (Å²) < 4.78 is 27.9. The molecule has 1 fully saturated rings. The molecule has 0 radical (unpaired) electrons. The van der Waals surface area contributed by atoms with Gasteiger partial charge in [0.05, 0.1) is 11.0 Å². The highest BCUT2D eigenvalue weighted by Gasteiger charge is 2.34. The van der Waals surface area contributed by atoms with Gasteiger partial charge in [-0.1, -0.05) is 0 Å². The fourth-order valence-corrected chi connectivity index (χ4v) is 6.38. The van der Waals surface area contributed by atoms with Gasteiger partial charge in [0.15, 0.2) is 0 Å². The predicted molar refractivity (Wildman–Crippen MR) is 89.3 cm³/mol. The van der Waals surface area contributed by atoms with Gasteiger partial charge in [-0.05, 0) is 51.0 Å². The molecule has 2 aliphatic carbocycles. The minimum absolute atomic E-state index is 0.0109. The van der Waals surface area contributed by atoms with Crippen molar-refractivity contribution in [2.45, 2.75) is 62.9 Å². The number of rotatable bonds is 7. The fourth-order valence-electron chi connectivity index (χ4n) is 3.03. The highest BCUT2D eigenvalue weighted by atomic mass is 32.2. The van der Waals surface area contributed by atoms with E-state index in [9.17, 15) is 18.3 Å². The molecule has 0 saturated heterocycles. The molecule has 7 heteroatoms. The van der Waals surface area contributed by atoms with E-state index < -0.39 is 16.1 Å². The number of sulfonamides is 1. The molecule has 2 aliphatic rings. The standard InChI is InChI=1S/C16H23NO4S2/c1-10(18)9-17-23(20,21)16-12-4-2-3-5-14(12)22-15(16)8-13(19)11-6-7-11/h10-11,17-18H,2-9H2,1H3. The average Bonchev–Trinajstić information content (AvgIpc) is 3.26. The number of hydrogen-bond donors (Lipinski definition) is 2. The molecule has 5 nitrogen and oxygen atoms in total. The van der Waals surface area contributed by atoms with Gasteiger partial charge in [0.1, 0.15) is 5.78 Å². The van der Waals surface area contributed by atoms with Crippen LogP contribution in [0.1, 0.15) is 47.9 Å². The Morgan fingerprint density at radius 2 is 2.04 bits per heavy atom. The van der Waals surface area contributed by atoms with E-state index in [0.29, 0.717) is 9.77 Å². The monoisotopic (exact) mass is 357 g/mol. The number of carbonyl (C=O) groups excluding carboxylic acids is 1. The minimum Gasteiger partial charge on any atom is -0.392 e. The number of nitrogens with one attached hydrogen (secondary N) is 1. The Morgan fingerprint density at radius 1 is 1.35 bits per heavy atom. The maximum Gasteiger partial charge on any atom is 0.242 e. The third-order valence-electron chi connectivity index (χ3n) is 4.40. The van der Waals surface area contributed by atoms with Crippen molar-refractivity contribution in [2.24, 2.45) is 5.92 Å². The number of aliphatic hydroxyl groups excluding tert-OH is 1. The molecule has 0 bridgehead atoms. The predicted octanol–water partition coefficient (Wildman–Crippen LogP) is 1.81. The van der Waals surface area contributed by atoms with Gasteiger partial charge in [0, 0.05) is 28.6 Å². The second kappa shape index (κ2) is 6.63. The van der Waals surface area contributed by atoms with E-state index in [1.54, 1.807) is 6.92 Å². The summed E-state index contributed by atoms with van der Waals surface area (Å²) >= 11 is 1.49. The molecule has 3 rings (SSSR count). The third-order valence-corrected chi connectivity index (χ3v) is 7.39. The first-order valence-electron chi connectivity index (χ1n) is 8.22. The van der Waals surface area contributed by atoms with E-state index in [0.717, 1.165) is 49.0 Å². The molecule has 2 N–H and O–H groups in total. The lowest BCUT2D eigenvalue weighted by atomic mass is 9.98. The van der Waals surface area contributed by atoms with Crippen molar-refractivity contribution in [3.63, 3.8) is 0 Å². The second-order valence-electron chi connectivity index (χ2n) is 6.58. The van der Waals surface area contributed by atoms with Crippen LogP contribution < -0.4 is 4.72 Å². The second-order valence-corrected chi connectivity index (χ2v) is 9.48. The molecule has 0 aromatic carbocycles. The van der Waals surface area contributed by atoms with Crippen molar-refractivity contribution < 1.29 is 18.3 Å². The lowest BCUT2D eigenvalue weighted by Gasteiger charge is -2.14. The highest BCUT2D eigenvalue weighted by molar-refractivity contribution is 7.89. The zero-order valence-electron chi connectivity index (χ0n) is 13.3. The van der Waals surface area contributed by atoms with Crippen LogP contribution in [0.15, 0.2) is 4.90 Å². The normalized spacial score (nSPS) is 19.4. The number of ketones is 1. The molecular formula is C16H23NO4S2. The van der Waals surface area contributed by atoms with Gasteiger partial charge in [0.25, 0.3) is 0 Å². The molecule has 1 aromatic heterocycles. The Hall–Kier alpha value is -0.760. The van der Waals surface area contributed by atoms with Crippen LogP contribution in [0.25, 0.3) is 0 Å². The van der Waals surface area contributed by atoms with Gasteiger partial charge >= 0.3 is 0 Å². The number of fused-ring (bicyclic) bond motifs is 1. The van der Waals surface area contributed by atoms with Crippen LogP contribution in [-0.4, -0.2) is 32.0 Å². The first kappa shape index (κ1) is 17.1. The third kappa shape index (κ3) is 3.84. The summed E-state index contributed by atoms with van der Waals surface area (Å²) in [7, 11) is -3.69. The molecule has 0 aliphatic heterocycles. The molecule has 1 heterocycles. The summed E-state index contributed by atoms with van der Waals surface area (Å²) in [5.41, 5.74) is 0.901. The van der Waals surface area contributed by atoms with Crippen molar-refractivity contribution in [1.29, 1.82) is 0 Å². The summed E-state index contributed by atoms with van der Waals surface area (Å²) in [6.07, 6.45) is 5.08. The van der Waals surface area contributed by atoms with Crippen LogP contribution >= 0.6 is 11.3 Å². The largest absolute Gasteiger partial charge is 0.392 e. The van der Waals surface area contributed by atoms with E-state index in [4.69, 9.17) is 0 Å². The number of aryl methyl sites for hydroxylation is 1. The first-order chi connectivity index (χ1) is 10.9. The van der Waals surface area contributed by atoms with E-state index in [2.05, 4.69) is 4.72 Å². The van der Waals surface area contributed by atoms with E-state index in [1.165, 1.54) is 11.3 Å². The van der Waals surface area contributed by atoms with Gasteiger partial charge in [0.2, 0.25) is 10.0 Å². The Balaban J connectivity index is 1.94. The molecule has 1 atom stereocenters. The summed E-state index contributed by atoms with van der Waals surface area (Å²) in [6, 6.07) is 0. The molecule has 23 heavy (non-hydrogen) atoms. The van der Waals surface area contributed by atoms with Crippen molar-refractivity contribution in [2.75, 3.05) is 6.54 Å². The lowest BCUT2D eigenvalue weighted by molar-refractivity contribution is -0.119. The number of aliphatic hydroxyl groups is 1. The first-order valence-corrected chi connectivity index (χ1v) is 10.5. The SMILES string of the molecule is CC(O)CNS(=O)(=O)c1c(CC(=O)C2CC2)sc2c1CCCC2. The van der Waals surface area contributed by atoms with Crippen molar-refractivity contribution in [3.05, 3.63) is 15.3 Å². The fraction of sp³-hybridized carbons (Fsp3) is 0.688. The summed E-state index contributed by atoms with van der Waals surface area (Å²) in [5, 5.41) is 9.37. The highest BCUT2D eigenvalue weighted by Crippen LogP contribution is 2.39. The van der Waals surface area contributed by atoms with Crippen LogP contribution in [0.5, 0.6) is 0 Å². The quantitative estimate of drug-likeness (QED) is 0.779. The van der Waals surface area contributed by atoms with Crippen LogP contribution in [0.4, 0.5) is 0 Å². The number of Topliss-reactive ketones (excluding diaryl/α,β-unsaturated/α-hetero) is 1. The van der Waals surface area contributed by atoms with Crippen LogP contribution in [0.3, 0.4) is 0 Å². The van der Waals surface area contributed by atoms with Gasteiger partial charge in [-0.2, -0.15) is 0 Å². The van der Waals surface area contributed by atoms with Crippen LogP contribution in [0.2, 0.25) is 0 Å². The molecule has 1 saturated carbocycles. The van der Waals surface area contributed by atoms with Crippen molar-refractivity contribution in [1.82, 2.24) is 4.72 Å². The number of carbonyl (C=O) groups is 1. The Morgan fingerprint density at radius 3 is 2.70 bits per heavy atom. The summed E-state index contributed by atoms with van der Waals surface area (Å²) in [6.45, 7) is 1.53. The number of hydrogen-bond acceptors (Lipinski definition) is 5. The van der Waals surface area contributed by atoms with Gasteiger partial charge in [-0.15, -0.1) is 11.3 Å². The molecular weight excluding hydrogens is 334 g/mol. The molecule has 0 amide bonds. The maximum atomic E-state index is 12.7. The summed E-state index contributed by atoms with van der Waals surface area (Å²) in [4.78, 5) is 14.3. The molecule has 0 spiro atoms. The Bertz CT molecular complexity index is 702. The van der Waals surface area contributed by atoms with E-state index >= 15 is 0 Å². The number of thiophene rings is 1. The molecule has 1 aromatic rings. The topological polar surface area (TPSA) is 83.5 Å². The maximum absolute atomic E-state index is 12.7. The van der Waals surface area contributed by atoms with Gasteiger partial charge in [-0.25, -0.2) is 13.1 Å². The van der Waals surface area contributed by atoms with E-state index in [-0.39, 0.29) is 24.7 Å². The zero-order chi connectivity index (χ0) is 16.6. The van der Waals surface area contributed by atoms with Crippen LogP contribution in [0, 0.1) is 5.92 Å². The van der Waals surface area contributed by atoms with Crippen LogP contribution in [-0.2, 0) is 34.1 Å². The molecule has 1 unspecified atom stereocenters. The average molecular weight is 357 g/mol. The Kier molecular flexibility index (Phi) is 4.92. The smallest absolute Gasteiger partial charge is 0.242 e. The van der Waals surface area contributed by atoms with Crippen molar-refractivity contribution in [3.8, 4) is 0 Å². The Labute approximate surface area is 141 Å². The van der Waals surface area contributed by atoms with Gasteiger partial charge < -0.3 is 5.11 Å². The minimum atomic E-state index is -3.69. The van der Waals surface area contributed by atoms with Gasteiger partial charge in [-0.3, -0.25) is 4.79 Å². The zero-order valence-corrected chi connectivity index (χ0v) is 14.9. The molecule has 128 valence electrons. The summed E-state index contributed by atoms with van der Waals surface area (Å²) in [5.74, 6) is 0.297. The van der Waals surface area contributed by atoms with Crippen molar-refractivity contribution >= 4 is 27.1 Å². The van der Waals surface area contributed by atoms with E-state index in [1.807, 2.05) is 0 Å². The lowest BCUT2D eigenvalue weighted by Crippen LogP contribution is -2.31.